The van der Waals surface area contributed by atoms with Gasteiger partial charge in [0, 0.05) is 73.9 Å². The Kier molecular flexibility index (Phi) is 8.09. The molecule has 0 amide bonds. The van der Waals surface area contributed by atoms with Crippen molar-refractivity contribution in [3.63, 3.8) is 0 Å². The number of carbonyl (C=O) groups is 1. The van der Waals surface area contributed by atoms with Crippen molar-refractivity contribution in [3.05, 3.63) is 83.1 Å². The first-order valence-corrected chi connectivity index (χ1v) is 13.7. The highest BCUT2D eigenvalue weighted by molar-refractivity contribution is 5.98. The fourth-order valence-corrected chi connectivity index (χ4v) is 4.63. The first-order valence-electron chi connectivity index (χ1n) is 13.7. The summed E-state index contributed by atoms with van der Waals surface area (Å²) in [7, 11) is 2.12. The monoisotopic (exact) mass is 557 g/mol. The largest absolute Gasteiger partial charge is 0.340 e. The average molecular weight is 558 g/mol. The molecule has 10 nitrogen and oxygen atoms in total. The molecule has 3 aromatic heterocycles. The van der Waals surface area contributed by atoms with Crippen molar-refractivity contribution in [2.24, 2.45) is 0 Å². The third-order valence-electron chi connectivity index (χ3n) is 7.15. The molecule has 4 aromatic rings. The lowest BCUT2D eigenvalue weighted by atomic mass is 9.97. The Morgan fingerprint density at radius 2 is 1.80 bits per heavy atom. The van der Waals surface area contributed by atoms with E-state index in [1.165, 1.54) is 26.4 Å². The molecule has 0 radical (unpaired) electrons. The number of hydrogen-bond acceptors (Lipinski definition) is 9. The lowest BCUT2D eigenvalue weighted by Gasteiger charge is -2.32. The molecule has 1 aliphatic rings. The third-order valence-corrected chi connectivity index (χ3v) is 7.15. The first-order chi connectivity index (χ1) is 19.5. The Bertz CT molecular complexity index is 1540. The highest BCUT2D eigenvalue weighted by Gasteiger charge is 2.20. The lowest BCUT2D eigenvalue weighted by molar-refractivity contribution is 0.0992. The Balaban J connectivity index is 1.35. The summed E-state index contributed by atoms with van der Waals surface area (Å²) >= 11 is 0. The molecule has 4 heterocycles. The fourth-order valence-electron chi connectivity index (χ4n) is 4.63. The van der Waals surface area contributed by atoms with Crippen LogP contribution in [-0.2, 0) is 12.1 Å². The number of benzene rings is 1. The number of hydrazine groups is 1. The van der Waals surface area contributed by atoms with Gasteiger partial charge >= 0.3 is 0 Å². The van der Waals surface area contributed by atoms with Crippen LogP contribution < -0.4 is 10.7 Å². The van der Waals surface area contributed by atoms with Gasteiger partial charge < -0.3 is 15.6 Å². The van der Waals surface area contributed by atoms with Gasteiger partial charge in [-0.1, -0.05) is 12.1 Å². The minimum absolute atomic E-state index is 0.0798. The van der Waals surface area contributed by atoms with Gasteiger partial charge in [-0.15, -0.1) is 0 Å². The number of hydrogen-bond donors (Lipinski definition) is 2. The van der Waals surface area contributed by atoms with Crippen LogP contribution in [0.1, 0.15) is 46.6 Å². The molecule has 0 aliphatic carbocycles. The van der Waals surface area contributed by atoms with E-state index in [0.717, 1.165) is 43.1 Å². The van der Waals surface area contributed by atoms with Crippen LogP contribution in [0.15, 0.2) is 55.1 Å². The van der Waals surface area contributed by atoms with E-state index < -0.39 is 5.67 Å². The van der Waals surface area contributed by atoms with E-state index in [2.05, 4.69) is 47.7 Å². The van der Waals surface area contributed by atoms with Crippen molar-refractivity contribution in [3.8, 4) is 5.82 Å². The maximum absolute atomic E-state index is 14.4. The van der Waals surface area contributed by atoms with Gasteiger partial charge in [0.1, 0.15) is 23.6 Å². The fraction of sp³-hybridized carbons (Fsp3) is 0.367. The number of pyridine rings is 1. The topological polar surface area (TPSA) is 104 Å². The van der Waals surface area contributed by atoms with Crippen molar-refractivity contribution in [2.45, 2.75) is 39.8 Å². The minimum atomic E-state index is -1.53. The van der Waals surface area contributed by atoms with Gasteiger partial charge in [-0.25, -0.2) is 19.4 Å². The zero-order valence-electron chi connectivity index (χ0n) is 24.1. The second-order valence-electron chi connectivity index (χ2n) is 11.1. The van der Waals surface area contributed by atoms with Crippen LogP contribution >= 0.6 is 0 Å². The Labute approximate surface area is 239 Å². The van der Waals surface area contributed by atoms with Crippen molar-refractivity contribution in [1.82, 2.24) is 34.6 Å². The molecular formula is C30H36FN9O. The number of piperazine rings is 1. The quantitative estimate of drug-likeness (QED) is 0.285. The number of aromatic nitrogens is 5. The summed E-state index contributed by atoms with van der Waals surface area (Å²) in [6.45, 7) is 10.6. The summed E-state index contributed by atoms with van der Waals surface area (Å²) < 4.78 is 16.1. The molecule has 11 heteroatoms. The number of likely N-dealkylation sites (N-methyl/N-ethyl adjacent to an activating group) is 1. The van der Waals surface area contributed by atoms with Gasteiger partial charge in [-0.05, 0) is 58.0 Å². The molecule has 2 N–H and O–H groups in total. The van der Waals surface area contributed by atoms with E-state index >= 15 is 0 Å². The summed E-state index contributed by atoms with van der Waals surface area (Å²) in [4.78, 5) is 28.5. The van der Waals surface area contributed by atoms with Gasteiger partial charge in [0.15, 0.2) is 11.6 Å². The first kappa shape index (κ1) is 28.3. The Morgan fingerprint density at radius 1 is 1.02 bits per heavy atom. The number of carbonyl (C=O) groups excluding carboxylic acids is 1. The van der Waals surface area contributed by atoms with E-state index in [1.54, 1.807) is 16.9 Å². The number of nitrogens with zero attached hydrogens (tertiary/aromatic N) is 7. The van der Waals surface area contributed by atoms with E-state index in [1.807, 2.05) is 44.2 Å². The molecule has 41 heavy (non-hydrogen) atoms. The van der Waals surface area contributed by atoms with Crippen LogP contribution in [0.4, 0.5) is 21.7 Å². The van der Waals surface area contributed by atoms with Gasteiger partial charge in [0.2, 0.25) is 0 Å². The smallest absolute Gasteiger partial charge is 0.167 e. The summed E-state index contributed by atoms with van der Waals surface area (Å²) in [6.07, 6.45) is 4.75. The molecule has 1 fully saturated rings. The zero-order valence-corrected chi connectivity index (χ0v) is 24.1. The van der Waals surface area contributed by atoms with Crippen LogP contribution in [0.2, 0.25) is 0 Å². The molecule has 0 spiro atoms. The predicted molar refractivity (Wildman–Crippen MR) is 157 cm³/mol. The zero-order chi connectivity index (χ0) is 29.1. The van der Waals surface area contributed by atoms with Crippen molar-refractivity contribution >= 4 is 23.1 Å². The van der Waals surface area contributed by atoms with Gasteiger partial charge in [-0.3, -0.25) is 9.78 Å². The molecule has 0 atom stereocenters. The number of halogens is 1. The summed E-state index contributed by atoms with van der Waals surface area (Å²) in [5.41, 5.74) is 6.08. The van der Waals surface area contributed by atoms with E-state index in [-0.39, 0.29) is 12.2 Å². The highest BCUT2D eigenvalue weighted by Crippen LogP contribution is 2.27. The number of ketones is 1. The molecule has 0 unspecified atom stereocenters. The molecule has 0 bridgehead atoms. The number of rotatable bonds is 9. The van der Waals surface area contributed by atoms with E-state index in [9.17, 15) is 9.18 Å². The molecular weight excluding hydrogens is 521 g/mol. The predicted octanol–water partition coefficient (Wildman–Crippen LogP) is 4.62. The Morgan fingerprint density at radius 3 is 2.56 bits per heavy atom. The summed E-state index contributed by atoms with van der Waals surface area (Å²) in [5.74, 6) is 1.93. The van der Waals surface area contributed by atoms with Crippen LogP contribution in [0, 0.1) is 13.8 Å². The molecule has 1 saturated heterocycles. The number of aryl methyl sites for hydroxylation is 2. The normalized spacial score (nSPS) is 14.7. The highest BCUT2D eigenvalue weighted by atomic mass is 19.1. The van der Waals surface area contributed by atoms with E-state index in [0.29, 0.717) is 34.1 Å². The summed E-state index contributed by atoms with van der Waals surface area (Å²) in [5, 5.41) is 10.2. The van der Waals surface area contributed by atoms with Gasteiger partial charge in [0.05, 0.1) is 5.69 Å². The number of alkyl halides is 1. The maximum Gasteiger partial charge on any atom is 0.167 e. The van der Waals surface area contributed by atoms with E-state index in [4.69, 9.17) is 0 Å². The molecule has 0 saturated carbocycles. The SMILES string of the molecule is Cc1cc(Nc2cc(C(=O)Cc3cncc(C(C)(C)F)c3)ccc2C)n(-c2cc(NN3CCN(C)CC3)ncn2)n1. The van der Waals surface area contributed by atoms with Crippen LogP contribution in [0.25, 0.3) is 5.82 Å². The standard InChI is InChI=1S/C30H36FN9O/c1-20-6-7-23(26(41)14-22-13-24(18-32-17-22)30(3,4)31)15-25(20)35-29-12-21(2)36-40(29)28-16-27(33-19-34-28)37-39-10-8-38(5)9-11-39/h6-7,12-13,15-19,35H,8-11,14H2,1-5H3,(H,33,34,37). The van der Waals surface area contributed by atoms with Crippen LogP contribution in [-0.4, -0.2) is 73.7 Å². The summed E-state index contributed by atoms with van der Waals surface area (Å²) in [6, 6.07) is 11.0. The molecule has 214 valence electrons. The molecule has 1 aliphatic heterocycles. The molecule has 1 aromatic carbocycles. The van der Waals surface area contributed by atoms with Crippen molar-refractivity contribution in [2.75, 3.05) is 44.0 Å². The Hall–Kier alpha value is -4.22. The van der Waals surface area contributed by atoms with Gasteiger partial charge in [0.25, 0.3) is 0 Å². The minimum Gasteiger partial charge on any atom is -0.340 e. The number of nitrogens with one attached hydrogen (secondary N) is 2. The van der Waals surface area contributed by atoms with Gasteiger partial charge in [-0.2, -0.15) is 9.78 Å². The lowest BCUT2D eigenvalue weighted by Crippen LogP contribution is -2.47. The second kappa shape index (κ2) is 11.7. The number of anilines is 3. The van der Waals surface area contributed by atoms with Crippen LogP contribution in [0.3, 0.4) is 0 Å². The third kappa shape index (κ3) is 6.93. The number of Topliss-reactive ketones (excluding diaryl/α,β-unsaturated/α-hetero) is 1. The average Bonchev–Trinajstić information content (AvgIpc) is 3.31. The van der Waals surface area contributed by atoms with Crippen LogP contribution in [0.5, 0.6) is 0 Å². The second-order valence-corrected chi connectivity index (χ2v) is 11.1. The van der Waals surface area contributed by atoms with Crippen molar-refractivity contribution < 1.29 is 9.18 Å². The van der Waals surface area contributed by atoms with Crippen molar-refractivity contribution in [1.29, 1.82) is 0 Å². The maximum atomic E-state index is 14.4. The molecule has 5 rings (SSSR count).